The van der Waals surface area contributed by atoms with Crippen molar-refractivity contribution in [3.63, 3.8) is 0 Å². The van der Waals surface area contributed by atoms with Crippen LogP contribution in [0.5, 0.6) is 0 Å². The standard InChI is InChI=1S/C11H22N2O/c1-11(2)14-9-5-3-4-7-13-8-6-12-10-13/h10-11H,3-9H2,1-2H3. The summed E-state index contributed by atoms with van der Waals surface area (Å²) in [5.74, 6) is 0. The summed E-state index contributed by atoms with van der Waals surface area (Å²) in [6, 6.07) is 0. The number of hydrogen-bond donors (Lipinski definition) is 0. The summed E-state index contributed by atoms with van der Waals surface area (Å²) < 4.78 is 5.47. The number of unbranched alkanes of at least 4 members (excludes halogenated alkanes) is 2. The molecular weight excluding hydrogens is 176 g/mol. The maximum Gasteiger partial charge on any atom is 0.0851 e. The zero-order chi connectivity index (χ0) is 10.2. The van der Waals surface area contributed by atoms with Crippen LogP contribution in [0, 0.1) is 0 Å². The molecule has 0 aromatic rings. The molecule has 1 rings (SSSR count). The van der Waals surface area contributed by atoms with Crippen LogP contribution in [0.2, 0.25) is 0 Å². The fraction of sp³-hybridized carbons (Fsp3) is 0.909. The number of hydrogen-bond acceptors (Lipinski definition) is 3. The lowest BCUT2D eigenvalue weighted by molar-refractivity contribution is 0.0756. The molecule has 1 heterocycles. The van der Waals surface area contributed by atoms with Crippen LogP contribution >= 0.6 is 0 Å². The molecule has 0 saturated carbocycles. The van der Waals surface area contributed by atoms with E-state index in [2.05, 4.69) is 23.7 Å². The molecule has 1 aliphatic heterocycles. The van der Waals surface area contributed by atoms with E-state index in [9.17, 15) is 0 Å². The maximum absolute atomic E-state index is 5.47. The van der Waals surface area contributed by atoms with Crippen molar-refractivity contribution in [3.8, 4) is 0 Å². The van der Waals surface area contributed by atoms with E-state index in [4.69, 9.17) is 4.74 Å². The molecule has 0 atom stereocenters. The Bertz CT molecular complexity index is 169. The quantitative estimate of drug-likeness (QED) is 0.584. The number of ether oxygens (including phenoxy) is 1. The van der Waals surface area contributed by atoms with Gasteiger partial charge in [0.05, 0.1) is 19.0 Å². The summed E-state index contributed by atoms with van der Waals surface area (Å²) >= 11 is 0. The van der Waals surface area contributed by atoms with Gasteiger partial charge in [0.2, 0.25) is 0 Å². The normalized spacial score (nSPS) is 15.8. The van der Waals surface area contributed by atoms with Crippen molar-refractivity contribution in [2.75, 3.05) is 26.2 Å². The van der Waals surface area contributed by atoms with E-state index in [0.29, 0.717) is 6.10 Å². The number of rotatable bonds is 7. The lowest BCUT2D eigenvalue weighted by Crippen LogP contribution is -2.20. The lowest BCUT2D eigenvalue weighted by atomic mass is 10.2. The summed E-state index contributed by atoms with van der Waals surface area (Å²) in [4.78, 5) is 6.47. The third kappa shape index (κ3) is 5.22. The van der Waals surface area contributed by atoms with Gasteiger partial charge in [-0.2, -0.15) is 0 Å². The SMILES string of the molecule is CC(C)OCCCCCN1C=NCC1. The maximum atomic E-state index is 5.47. The summed E-state index contributed by atoms with van der Waals surface area (Å²) in [7, 11) is 0. The molecule has 0 bridgehead atoms. The van der Waals surface area contributed by atoms with Gasteiger partial charge in [0, 0.05) is 19.7 Å². The highest BCUT2D eigenvalue weighted by atomic mass is 16.5. The molecule has 0 radical (unpaired) electrons. The van der Waals surface area contributed by atoms with Gasteiger partial charge in [-0.3, -0.25) is 4.99 Å². The van der Waals surface area contributed by atoms with E-state index in [1.54, 1.807) is 0 Å². The molecule has 14 heavy (non-hydrogen) atoms. The first-order chi connectivity index (χ1) is 6.79. The van der Waals surface area contributed by atoms with E-state index < -0.39 is 0 Å². The molecule has 82 valence electrons. The van der Waals surface area contributed by atoms with Crippen LogP contribution in [0.1, 0.15) is 33.1 Å². The van der Waals surface area contributed by atoms with Gasteiger partial charge in [-0.1, -0.05) is 0 Å². The molecule has 0 aromatic carbocycles. The molecule has 0 amide bonds. The Morgan fingerprint density at radius 2 is 2.21 bits per heavy atom. The van der Waals surface area contributed by atoms with E-state index >= 15 is 0 Å². The van der Waals surface area contributed by atoms with E-state index in [0.717, 1.165) is 26.2 Å². The van der Waals surface area contributed by atoms with E-state index in [-0.39, 0.29) is 0 Å². The van der Waals surface area contributed by atoms with Crippen molar-refractivity contribution in [1.29, 1.82) is 0 Å². The fourth-order valence-electron chi connectivity index (χ4n) is 1.50. The Morgan fingerprint density at radius 1 is 1.36 bits per heavy atom. The lowest BCUT2D eigenvalue weighted by Gasteiger charge is -2.13. The largest absolute Gasteiger partial charge is 0.379 e. The van der Waals surface area contributed by atoms with Gasteiger partial charge < -0.3 is 9.64 Å². The number of aliphatic imine (C=N–C) groups is 1. The number of nitrogens with zero attached hydrogens (tertiary/aromatic N) is 2. The van der Waals surface area contributed by atoms with Gasteiger partial charge >= 0.3 is 0 Å². The highest BCUT2D eigenvalue weighted by molar-refractivity contribution is 5.56. The van der Waals surface area contributed by atoms with Crippen LogP contribution in [-0.2, 0) is 4.74 Å². The van der Waals surface area contributed by atoms with Gasteiger partial charge in [-0.25, -0.2) is 0 Å². The first-order valence-corrected chi connectivity index (χ1v) is 5.64. The molecule has 0 N–H and O–H groups in total. The van der Waals surface area contributed by atoms with Crippen LogP contribution < -0.4 is 0 Å². The third-order valence-corrected chi connectivity index (χ3v) is 2.30. The molecule has 0 aromatic heterocycles. The van der Waals surface area contributed by atoms with Crippen molar-refractivity contribution >= 4 is 6.34 Å². The van der Waals surface area contributed by atoms with Crippen LogP contribution in [0.4, 0.5) is 0 Å². The molecular formula is C11H22N2O. The molecule has 0 fully saturated rings. The minimum atomic E-state index is 0.376. The summed E-state index contributed by atoms with van der Waals surface area (Å²) in [6.07, 6.45) is 6.05. The zero-order valence-corrected chi connectivity index (χ0v) is 9.41. The Morgan fingerprint density at radius 3 is 2.86 bits per heavy atom. The second-order valence-corrected chi connectivity index (χ2v) is 4.04. The van der Waals surface area contributed by atoms with E-state index in [1.165, 1.54) is 19.3 Å². The predicted molar refractivity (Wildman–Crippen MR) is 59.9 cm³/mol. The highest BCUT2D eigenvalue weighted by Crippen LogP contribution is 2.01. The average Bonchev–Trinajstić information content (AvgIpc) is 2.63. The first-order valence-electron chi connectivity index (χ1n) is 5.64. The Kier molecular flexibility index (Phi) is 5.60. The fourth-order valence-corrected chi connectivity index (χ4v) is 1.50. The van der Waals surface area contributed by atoms with Crippen LogP contribution in [0.3, 0.4) is 0 Å². The molecule has 0 aliphatic carbocycles. The summed E-state index contributed by atoms with van der Waals surface area (Å²) in [6.45, 7) is 8.33. The van der Waals surface area contributed by atoms with Gasteiger partial charge in [0.1, 0.15) is 0 Å². The molecule has 0 saturated heterocycles. The van der Waals surface area contributed by atoms with Crippen molar-refractivity contribution in [3.05, 3.63) is 0 Å². The monoisotopic (exact) mass is 198 g/mol. The van der Waals surface area contributed by atoms with Crippen LogP contribution in [-0.4, -0.2) is 43.6 Å². The zero-order valence-electron chi connectivity index (χ0n) is 9.41. The van der Waals surface area contributed by atoms with Gasteiger partial charge in [0.25, 0.3) is 0 Å². The second kappa shape index (κ2) is 6.82. The van der Waals surface area contributed by atoms with Crippen molar-refractivity contribution in [1.82, 2.24) is 4.90 Å². The molecule has 3 heteroatoms. The molecule has 3 nitrogen and oxygen atoms in total. The summed E-state index contributed by atoms with van der Waals surface area (Å²) in [5, 5.41) is 0. The topological polar surface area (TPSA) is 24.8 Å². The Labute approximate surface area is 87.2 Å². The minimum absolute atomic E-state index is 0.376. The molecule has 0 unspecified atom stereocenters. The second-order valence-electron chi connectivity index (χ2n) is 4.04. The minimum Gasteiger partial charge on any atom is -0.379 e. The Hall–Kier alpha value is -0.570. The van der Waals surface area contributed by atoms with Crippen LogP contribution in [0.15, 0.2) is 4.99 Å². The van der Waals surface area contributed by atoms with Crippen molar-refractivity contribution in [2.24, 2.45) is 4.99 Å². The van der Waals surface area contributed by atoms with E-state index in [1.807, 2.05) is 6.34 Å². The summed E-state index contributed by atoms with van der Waals surface area (Å²) in [5.41, 5.74) is 0. The van der Waals surface area contributed by atoms with Gasteiger partial charge in [-0.05, 0) is 33.1 Å². The molecule has 1 aliphatic rings. The smallest absolute Gasteiger partial charge is 0.0851 e. The van der Waals surface area contributed by atoms with Crippen molar-refractivity contribution < 1.29 is 4.74 Å². The van der Waals surface area contributed by atoms with Gasteiger partial charge in [-0.15, -0.1) is 0 Å². The highest BCUT2D eigenvalue weighted by Gasteiger charge is 2.03. The first kappa shape index (κ1) is 11.5. The average molecular weight is 198 g/mol. The Balaban J connectivity index is 1.82. The predicted octanol–water partition coefficient (Wildman–Crippen LogP) is 1.93. The van der Waals surface area contributed by atoms with Gasteiger partial charge in [0.15, 0.2) is 0 Å². The van der Waals surface area contributed by atoms with Crippen LogP contribution in [0.25, 0.3) is 0 Å². The third-order valence-electron chi connectivity index (χ3n) is 2.30. The molecule has 0 spiro atoms. The van der Waals surface area contributed by atoms with Crippen molar-refractivity contribution in [2.45, 2.75) is 39.2 Å².